The van der Waals surface area contributed by atoms with Crippen LogP contribution in [0.25, 0.3) is 0 Å². The molecule has 0 bridgehead atoms. The second-order valence-corrected chi connectivity index (χ2v) is 4.89. The van der Waals surface area contributed by atoms with Crippen molar-refractivity contribution in [1.29, 1.82) is 0 Å². The number of alkyl halides is 3. The number of pyridine rings is 1. The summed E-state index contributed by atoms with van der Waals surface area (Å²) in [5.74, 6) is 0. The molecule has 0 amide bonds. The highest BCUT2D eigenvalue weighted by Crippen LogP contribution is 2.20. The second kappa shape index (κ2) is 5.97. The maximum absolute atomic E-state index is 11.8. The Morgan fingerprint density at radius 1 is 1.31 bits per heavy atom. The molecule has 0 radical (unpaired) electrons. The molecule has 0 saturated carbocycles. The number of nitrogens with zero attached hydrogens (tertiary/aromatic N) is 1. The number of rotatable bonds is 4. The topological polar surface area (TPSA) is 24.9 Å². The van der Waals surface area contributed by atoms with Crippen LogP contribution in [0.2, 0.25) is 0 Å². The monoisotopic (exact) mass is 360 g/mol. The van der Waals surface area contributed by atoms with Crippen molar-refractivity contribution in [3.05, 3.63) is 26.9 Å². The molecule has 0 saturated heterocycles. The number of halogens is 5. The molecule has 0 aliphatic rings. The van der Waals surface area contributed by atoms with Crippen molar-refractivity contribution in [3.8, 4) is 0 Å². The van der Waals surface area contributed by atoms with Gasteiger partial charge in [0.1, 0.15) is 0 Å². The molecule has 0 fully saturated rings. The lowest BCUT2D eigenvalue weighted by atomic mass is 10.3. The van der Waals surface area contributed by atoms with E-state index in [0.717, 1.165) is 8.95 Å². The molecule has 0 aromatic carbocycles. The SMILES string of the molecule is FC(F)(F)CCNCc1ncc(Br)cc1Br. The minimum Gasteiger partial charge on any atom is -0.311 e. The van der Waals surface area contributed by atoms with E-state index in [2.05, 4.69) is 42.2 Å². The zero-order valence-electron chi connectivity index (χ0n) is 8.11. The van der Waals surface area contributed by atoms with Crippen LogP contribution in [0, 0.1) is 0 Å². The maximum atomic E-state index is 11.8. The first-order chi connectivity index (χ1) is 7.38. The van der Waals surface area contributed by atoms with Crippen LogP contribution in [-0.2, 0) is 6.54 Å². The zero-order chi connectivity index (χ0) is 12.2. The molecule has 0 spiro atoms. The quantitative estimate of drug-likeness (QED) is 0.828. The first kappa shape index (κ1) is 13.9. The number of nitrogens with one attached hydrogen (secondary N) is 1. The average Bonchev–Trinajstić information content (AvgIpc) is 2.13. The van der Waals surface area contributed by atoms with Crippen LogP contribution in [0.15, 0.2) is 21.2 Å². The van der Waals surface area contributed by atoms with Crippen molar-refractivity contribution in [2.75, 3.05) is 6.54 Å². The van der Waals surface area contributed by atoms with E-state index in [9.17, 15) is 13.2 Å². The Morgan fingerprint density at radius 2 is 2.00 bits per heavy atom. The van der Waals surface area contributed by atoms with Gasteiger partial charge in [0.15, 0.2) is 0 Å². The van der Waals surface area contributed by atoms with E-state index in [0.29, 0.717) is 12.2 Å². The Morgan fingerprint density at radius 3 is 2.56 bits per heavy atom. The smallest absolute Gasteiger partial charge is 0.311 e. The van der Waals surface area contributed by atoms with E-state index in [1.807, 2.05) is 0 Å². The summed E-state index contributed by atoms with van der Waals surface area (Å²) < 4.78 is 37.1. The van der Waals surface area contributed by atoms with Gasteiger partial charge in [0, 0.05) is 28.2 Å². The van der Waals surface area contributed by atoms with Gasteiger partial charge in [-0.25, -0.2) is 0 Å². The first-order valence-corrected chi connectivity index (χ1v) is 6.04. The van der Waals surface area contributed by atoms with Crippen molar-refractivity contribution in [2.24, 2.45) is 0 Å². The standard InChI is InChI=1S/C9H9Br2F3N2/c10-6-3-7(11)8(16-4-6)5-15-2-1-9(12,13)14/h3-4,15H,1-2,5H2. The van der Waals surface area contributed by atoms with Gasteiger partial charge in [-0.05, 0) is 37.9 Å². The molecule has 0 aliphatic heterocycles. The van der Waals surface area contributed by atoms with Gasteiger partial charge in [-0.3, -0.25) is 4.98 Å². The first-order valence-electron chi connectivity index (χ1n) is 4.46. The fourth-order valence-electron chi connectivity index (χ4n) is 1.01. The number of aromatic nitrogens is 1. The molecule has 1 aromatic heterocycles. The predicted molar refractivity (Wildman–Crippen MR) is 62.0 cm³/mol. The fraction of sp³-hybridized carbons (Fsp3) is 0.444. The Bertz CT molecular complexity index is 355. The third kappa shape index (κ3) is 5.27. The van der Waals surface area contributed by atoms with Gasteiger partial charge in [0.05, 0.1) is 12.1 Å². The molecule has 16 heavy (non-hydrogen) atoms. The van der Waals surface area contributed by atoms with Crippen LogP contribution in [0.1, 0.15) is 12.1 Å². The van der Waals surface area contributed by atoms with Crippen LogP contribution in [0.4, 0.5) is 13.2 Å². The molecule has 0 aliphatic carbocycles. The Balaban J connectivity index is 2.38. The van der Waals surface area contributed by atoms with Gasteiger partial charge in [0.2, 0.25) is 0 Å². The largest absolute Gasteiger partial charge is 0.390 e. The molecule has 1 heterocycles. The molecule has 0 atom stereocenters. The molecule has 1 rings (SSSR count). The van der Waals surface area contributed by atoms with Crippen LogP contribution in [0.5, 0.6) is 0 Å². The normalized spacial score (nSPS) is 11.8. The van der Waals surface area contributed by atoms with Gasteiger partial charge in [-0.1, -0.05) is 0 Å². The lowest BCUT2D eigenvalue weighted by Gasteiger charge is -2.08. The summed E-state index contributed by atoms with van der Waals surface area (Å²) in [6.45, 7) is 0.206. The Kier molecular flexibility index (Phi) is 5.20. The molecule has 0 unspecified atom stereocenters. The van der Waals surface area contributed by atoms with E-state index in [-0.39, 0.29) is 6.54 Å². The Labute approximate surface area is 108 Å². The van der Waals surface area contributed by atoms with Crippen LogP contribution in [0.3, 0.4) is 0 Å². The highest BCUT2D eigenvalue weighted by molar-refractivity contribution is 9.11. The number of hydrogen-bond donors (Lipinski definition) is 1. The van der Waals surface area contributed by atoms with Crippen LogP contribution < -0.4 is 5.32 Å². The van der Waals surface area contributed by atoms with Gasteiger partial charge in [0.25, 0.3) is 0 Å². The minimum atomic E-state index is -4.11. The van der Waals surface area contributed by atoms with E-state index in [4.69, 9.17) is 0 Å². The van der Waals surface area contributed by atoms with Crippen molar-refractivity contribution in [2.45, 2.75) is 19.1 Å². The minimum absolute atomic E-state index is 0.103. The lowest BCUT2D eigenvalue weighted by Crippen LogP contribution is -2.21. The molecular formula is C9H9Br2F3N2. The van der Waals surface area contributed by atoms with Crippen molar-refractivity contribution in [3.63, 3.8) is 0 Å². The van der Waals surface area contributed by atoms with Crippen molar-refractivity contribution >= 4 is 31.9 Å². The third-order valence-electron chi connectivity index (χ3n) is 1.76. The highest BCUT2D eigenvalue weighted by atomic mass is 79.9. The molecule has 7 heteroatoms. The van der Waals surface area contributed by atoms with Crippen LogP contribution in [-0.4, -0.2) is 17.7 Å². The van der Waals surface area contributed by atoms with Gasteiger partial charge in [-0.15, -0.1) is 0 Å². The molecular weight excluding hydrogens is 353 g/mol. The second-order valence-electron chi connectivity index (χ2n) is 3.12. The summed E-state index contributed by atoms with van der Waals surface area (Å²) in [5, 5.41) is 2.69. The molecule has 2 nitrogen and oxygen atoms in total. The Hall–Kier alpha value is -0.140. The summed E-state index contributed by atoms with van der Waals surface area (Å²) in [6, 6.07) is 1.80. The third-order valence-corrected chi connectivity index (χ3v) is 2.88. The molecule has 1 aromatic rings. The molecule has 90 valence electrons. The van der Waals surface area contributed by atoms with Crippen molar-refractivity contribution in [1.82, 2.24) is 10.3 Å². The van der Waals surface area contributed by atoms with Gasteiger partial charge in [-0.2, -0.15) is 13.2 Å². The summed E-state index contributed by atoms with van der Waals surface area (Å²) in [4.78, 5) is 4.07. The van der Waals surface area contributed by atoms with E-state index in [1.54, 1.807) is 12.3 Å². The van der Waals surface area contributed by atoms with Gasteiger partial charge >= 0.3 is 6.18 Å². The van der Waals surface area contributed by atoms with Crippen molar-refractivity contribution < 1.29 is 13.2 Å². The van der Waals surface area contributed by atoms with E-state index in [1.165, 1.54) is 0 Å². The average molecular weight is 362 g/mol. The maximum Gasteiger partial charge on any atom is 0.390 e. The van der Waals surface area contributed by atoms with Crippen LogP contribution >= 0.6 is 31.9 Å². The summed E-state index contributed by atoms with van der Waals surface area (Å²) in [5.41, 5.74) is 0.686. The van der Waals surface area contributed by atoms with E-state index >= 15 is 0 Å². The highest BCUT2D eigenvalue weighted by Gasteiger charge is 2.25. The number of hydrogen-bond acceptors (Lipinski definition) is 2. The predicted octanol–water partition coefficient (Wildman–Crippen LogP) is 3.65. The summed E-state index contributed by atoms with van der Waals surface area (Å²) in [7, 11) is 0. The zero-order valence-corrected chi connectivity index (χ0v) is 11.3. The van der Waals surface area contributed by atoms with E-state index < -0.39 is 12.6 Å². The van der Waals surface area contributed by atoms with Gasteiger partial charge < -0.3 is 5.32 Å². The lowest BCUT2D eigenvalue weighted by molar-refractivity contribution is -0.133. The summed E-state index contributed by atoms with van der Waals surface area (Å²) in [6.07, 6.45) is -3.34. The fourth-order valence-corrected chi connectivity index (χ4v) is 2.14. The molecule has 1 N–H and O–H groups in total. The summed E-state index contributed by atoms with van der Waals surface area (Å²) >= 11 is 6.53.